The molecule has 7 heteroatoms. The summed E-state index contributed by atoms with van der Waals surface area (Å²) >= 11 is 6.62. The van der Waals surface area contributed by atoms with Gasteiger partial charge in [-0.2, -0.15) is 13.2 Å². The molecule has 0 aliphatic heterocycles. The third kappa shape index (κ3) is 4.58. The number of alkyl halides is 4. The quantitative estimate of drug-likeness (QED) is 0.383. The number of ether oxygens (including phenoxy) is 1. The first kappa shape index (κ1) is 20.7. The molecule has 0 atom stereocenters. The Morgan fingerprint density at radius 2 is 1.81 bits per heavy atom. The fourth-order valence-corrected chi connectivity index (χ4v) is 4.00. The maximum atomic E-state index is 13.8. The van der Waals surface area contributed by atoms with Crippen molar-refractivity contribution in [3.63, 3.8) is 0 Å². The molecule has 1 aromatic rings. The van der Waals surface area contributed by atoms with Gasteiger partial charge in [0.2, 0.25) is 0 Å². The van der Waals surface area contributed by atoms with Gasteiger partial charge in [-0.1, -0.05) is 19.3 Å². The van der Waals surface area contributed by atoms with Gasteiger partial charge in [-0.05, 0) is 49.9 Å². The Balaban J connectivity index is 2.64. The van der Waals surface area contributed by atoms with Crippen LogP contribution in [-0.2, 0) is 27.0 Å². The van der Waals surface area contributed by atoms with Crippen LogP contribution in [0.4, 0.5) is 13.2 Å². The van der Waals surface area contributed by atoms with Gasteiger partial charge < -0.3 is 4.74 Å². The van der Waals surface area contributed by atoms with Crippen LogP contribution in [0, 0.1) is 0 Å². The Morgan fingerprint density at radius 3 is 2.31 bits per heavy atom. The second-order valence-electron chi connectivity index (χ2n) is 6.63. The molecule has 144 valence electrons. The lowest BCUT2D eigenvalue weighted by molar-refractivity contribution is -0.143. The molecule has 2 rings (SSSR count). The van der Waals surface area contributed by atoms with E-state index in [4.69, 9.17) is 16.3 Å². The zero-order valence-electron chi connectivity index (χ0n) is 14.8. The lowest BCUT2D eigenvalue weighted by atomic mass is 9.77. The normalized spacial score (nSPS) is 17.0. The fourth-order valence-electron chi connectivity index (χ4n) is 3.53. The highest BCUT2D eigenvalue weighted by molar-refractivity contribution is 6.25. The predicted molar refractivity (Wildman–Crippen MR) is 92.4 cm³/mol. The summed E-state index contributed by atoms with van der Waals surface area (Å²) in [7, 11) is 0. The maximum Gasteiger partial charge on any atom is 0.416 e. The van der Waals surface area contributed by atoms with Crippen molar-refractivity contribution in [2.24, 2.45) is 0 Å². The Morgan fingerprint density at radius 1 is 1.19 bits per heavy atom. The van der Waals surface area contributed by atoms with E-state index >= 15 is 0 Å². The van der Waals surface area contributed by atoms with Crippen molar-refractivity contribution in [1.29, 1.82) is 0 Å². The van der Waals surface area contributed by atoms with E-state index in [1.165, 1.54) is 13.0 Å². The van der Waals surface area contributed by atoms with Crippen molar-refractivity contribution in [3.8, 4) is 0 Å². The lowest BCUT2D eigenvalue weighted by Gasteiger charge is -2.35. The third-order valence-corrected chi connectivity index (χ3v) is 5.20. The molecule has 1 aromatic carbocycles. The van der Waals surface area contributed by atoms with Gasteiger partial charge in [0.25, 0.3) is 0 Å². The molecular weight excluding hydrogens is 369 g/mol. The van der Waals surface area contributed by atoms with Crippen molar-refractivity contribution in [2.45, 2.75) is 63.4 Å². The van der Waals surface area contributed by atoms with Crippen molar-refractivity contribution in [2.75, 3.05) is 6.61 Å². The number of hydrogen-bond donors (Lipinski definition) is 0. The first-order valence-electron chi connectivity index (χ1n) is 8.68. The van der Waals surface area contributed by atoms with Gasteiger partial charge in [-0.3, -0.25) is 9.59 Å². The number of benzene rings is 1. The van der Waals surface area contributed by atoms with Gasteiger partial charge >= 0.3 is 12.1 Å². The number of hydrogen-bond acceptors (Lipinski definition) is 3. The number of carbonyl (C=O) groups excluding carboxylic acids is 2. The van der Waals surface area contributed by atoms with Crippen LogP contribution in [-0.4, -0.2) is 18.4 Å². The monoisotopic (exact) mass is 390 g/mol. The summed E-state index contributed by atoms with van der Waals surface area (Å²) in [5.74, 6) is -1.14. The molecule has 0 saturated heterocycles. The van der Waals surface area contributed by atoms with E-state index in [1.54, 1.807) is 6.92 Å². The minimum Gasteiger partial charge on any atom is -0.466 e. The zero-order chi connectivity index (χ0) is 19.5. The molecule has 1 saturated carbocycles. The first-order valence-corrected chi connectivity index (χ1v) is 9.06. The minimum absolute atomic E-state index is 0.0592. The van der Waals surface area contributed by atoms with Crippen LogP contribution in [0.15, 0.2) is 12.1 Å². The largest absolute Gasteiger partial charge is 0.466 e. The molecule has 1 aliphatic carbocycles. The lowest BCUT2D eigenvalue weighted by Crippen LogP contribution is -2.29. The summed E-state index contributed by atoms with van der Waals surface area (Å²) in [6.45, 7) is 2.97. The molecular formula is C19H22ClF3O3. The van der Waals surface area contributed by atoms with Crippen LogP contribution >= 0.6 is 11.6 Å². The molecule has 26 heavy (non-hydrogen) atoms. The average Bonchev–Trinajstić information content (AvgIpc) is 2.54. The SMILES string of the molecule is CCOC(=O)Cc1cc(C(C)=O)c(C2(Cl)CCCCC2)c(C(F)(F)F)c1. The topological polar surface area (TPSA) is 43.4 Å². The molecule has 0 radical (unpaired) electrons. The van der Waals surface area contributed by atoms with Gasteiger partial charge in [0.1, 0.15) is 0 Å². The highest BCUT2D eigenvalue weighted by Crippen LogP contribution is 2.49. The van der Waals surface area contributed by atoms with E-state index < -0.39 is 28.4 Å². The number of Topliss-reactive ketones (excluding diaryl/α,β-unsaturated/α-hetero) is 1. The number of rotatable bonds is 5. The number of esters is 1. The van der Waals surface area contributed by atoms with Crippen molar-refractivity contribution in [3.05, 3.63) is 34.4 Å². The Labute approximate surface area is 155 Å². The summed E-state index contributed by atoms with van der Waals surface area (Å²) in [4.78, 5) is 22.6. The molecule has 0 heterocycles. The molecule has 3 nitrogen and oxygen atoms in total. The van der Waals surface area contributed by atoms with Gasteiger partial charge in [0.05, 0.1) is 23.5 Å². The van der Waals surface area contributed by atoms with E-state index in [-0.39, 0.29) is 29.7 Å². The maximum absolute atomic E-state index is 13.8. The molecule has 0 spiro atoms. The van der Waals surface area contributed by atoms with Gasteiger partial charge in [0.15, 0.2) is 5.78 Å². The van der Waals surface area contributed by atoms with Gasteiger partial charge in [-0.25, -0.2) is 0 Å². The molecule has 0 N–H and O–H groups in total. The van der Waals surface area contributed by atoms with Crippen LogP contribution in [0.25, 0.3) is 0 Å². The summed E-state index contributed by atoms with van der Waals surface area (Å²) in [5.41, 5.74) is -1.04. The highest BCUT2D eigenvalue weighted by Gasteiger charge is 2.44. The standard InChI is InChI=1S/C19H22ClF3O3/c1-3-26-16(25)11-13-9-14(12(2)24)17(15(10-13)19(21,22)23)18(20)7-5-4-6-8-18/h9-10H,3-8,11H2,1-2H3. The molecule has 1 fully saturated rings. The second kappa shape index (κ2) is 7.99. The van der Waals surface area contributed by atoms with Crippen LogP contribution in [0.5, 0.6) is 0 Å². The second-order valence-corrected chi connectivity index (χ2v) is 7.35. The molecule has 1 aliphatic rings. The molecule has 0 aromatic heterocycles. The minimum atomic E-state index is -4.68. The van der Waals surface area contributed by atoms with E-state index in [2.05, 4.69) is 0 Å². The summed E-state index contributed by atoms with van der Waals surface area (Å²) in [6.07, 6.45) is -1.90. The third-order valence-electron chi connectivity index (χ3n) is 4.63. The highest BCUT2D eigenvalue weighted by atomic mass is 35.5. The summed E-state index contributed by atoms with van der Waals surface area (Å²) < 4.78 is 46.2. The van der Waals surface area contributed by atoms with Crippen LogP contribution in [0.3, 0.4) is 0 Å². The molecule has 0 unspecified atom stereocenters. The number of ketones is 1. The summed E-state index contributed by atoms with van der Waals surface area (Å²) in [6, 6.07) is 2.28. The van der Waals surface area contributed by atoms with Crippen LogP contribution in [0.2, 0.25) is 0 Å². The number of halogens is 4. The van der Waals surface area contributed by atoms with Crippen LogP contribution in [0.1, 0.15) is 73.0 Å². The van der Waals surface area contributed by atoms with Crippen molar-refractivity contribution >= 4 is 23.4 Å². The van der Waals surface area contributed by atoms with E-state index in [0.29, 0.717) is 25.7 Å². The van der Waals surface area contributed by atoms with Crippen molar-refractivity contribution < 1.29 is 27.5 Å². The zero-order valence-corrected chi connectivity index (χ0v) is 15.6. The Bertz CT molecular complexity index is 692. The van der Waals surface area contributed by atoms with Gasteiger partial charge in [0, 0.05) is 5.56 Å². The van der Waals surface area contributed by atoms with Crippen LogP contribution < -0.4 is 0 Å². The van der Waals surface area contributed by atoms with E-state index in [1.807, 2.05) is 0 Å². The Kier molecular flexibility index (Phi) is 6.37. The fraction of sp³-hybridized carbons (Fsp3) is 0.579. The number of carbonyl (C=O) groups is 2. The summed E-state index contributed by atoms with van der Waals surface area (Å²) in [5, 5.41) is 0. The van der Waals surface area contributed by atoms with Gasteiger partial charge in [-0.15, -0.1) is 11.6 Å². The average molecular weight is 391 g/mol. The Hall–Kier alpha value is -1.56. The first-order chi connectivity index (χ1) is 12.1. The molecule has 0 amide bonds. The van der Waals surface area contributed by atoms with Crippen molar-refractivity contribution in [1.82, 2.24) is 0 Å². The van der Waals surface area contributed by atoms with E-state index in [9.17, 15) is 22.8 Å². The smallest absolute Gasteiger partial charge is 0.416 e. The van der Waals surface area contributed by atoms with E-state index in [0.717, 1.165) is 12.5 Å². The molecule has 0 bridgehead atoms. The predicted octanol–water partition coefficient (Wildman–Crippen LogP) is 5.41.